The first-order valence-electron chi connectivity index (χ1n) is 4.42. The molecule has 0 saturated carbocycles. The van der Waals surface area contributed by atoms with Gasteiger partial charge in [-0.15, -0.1) is 0 Å². The number of hydrogen-bond donors (Lipinski definition) is 4. The molecule has 0 aliphatic rings. The van der Waals surface area contributed by atoms with Gasteiger partial charge in [0.15, 0.2) is 0 Å². The predicted molar refractivity (Wildman–Crippen MR) is 53.4 cm³/mol. The lowest BCUT2D eigenvalue weighted by Crippen LogP contribution is -2.31. The minimum atomic E-state index is -1.11. The molecule has 1 amide bonds. The van der Waals surface area contributed by atoms with Gasteiger partial charge in [0.25, 0.3) is 0 Å². The van der Waals surface area contributed by atoms with Gasteiger partial charge in [-0.3, -0.25) is 9.59 Å². The highest BCUT2D eigenvalue weighted by Gasteiger charge is 2.11. The van der Waals surface area contributed by atoms with E-state index in [2.05, 4.69) is 6.92 Å². The van der Waals surface area contributed by atoms with E-state index in [0.29, 0.717) is 0 Å². The SMILES string of the molecule is CCCN.NC(=O)CC[C@H](N)C(=O)O. The van der Waals surface area contributed by atoms with Crippen molar-refractivity contribution in [3.63, 3.8) is 0 Å². The van der Waals surface area contributed by atoms with Gasteiger partial charge >= 0.3 is 5.97 Å². The van der Waals surface area contributed by atoms with Crippen LogP contribution in [0.2, 0.25) is 0 Å². The van der Waals surface area contributed by atoms with Crippen LogP contribution in [0.3, 0.4) is 0 Å². The molecule has 84 valence electrons. The van der Waals surface area contributed by atoms with Gasteiger partial charge in [0.05, 0.1) is 0 Å². The molecule has 14 heavy (non-hydrogen) atoms. The quantitative estimate of drug-likeness (QED) is 0.458. The zero-order valence-electron chi connectivity index (χ0n) is 8.40. The molecule has 6 nitrogen and oxygen atoms in total. The van der Waals surface area contributed by atoms with Gasteiger partial charge in [0, 0.05) is 6.42 Å². The summed E-state index contributed by atoms with van der Waals surface area (Å²) in [7, 11) is 0. The largest absolute Gasteiger partial charge is 0.480 e. The van der Waals surface area contributed by atoms with E-state index in [4.69, 9.17) is 22.3 Å². The summed E-state index contributed by atoms with van der Waals surface area (Å²) in [6, 6.07) is -0.979. The molecule has 0 heterocycles. The highest BCUT2D eigenvalue weighted by molar-refractivity contribution is 5.76. The fourth-order valence-electron chi connectivity index (χ4n) is 0.421. The molecule has 0 spiro atoms. The maximum atomic E-state index is 10.1. The van der Waals surface area contributed by atoms with Gasteiger partial charge in [-0.05, 0) is 19.4 Å². The lowest BCUT2D eigenvalue weighted by Gasteiger charge is -2.01. The van der Waals surface area contributed by atoms with Crippen LogP contribution in [0.5, 0.6) is 0 Å². The lowest BCUT2D eigenvalue weighted by atomic mass is 10.2. The number of carbonyl (C=O) groups excluding carboxylic acids is 1. The second-order valence-electron chi connectivity index (χ2n) is 2.74. The van der Waals surface area contributed by atoms with E-state index in [-0.39, 0.29) is 12.8 Å². The van der Waals surface area contributed by atoms with Crippen molar-refractivity contribution in [3.8, 4) is 0 Å². The Bertz CT molecular complexity index is 171. The summed E-state index contributed by atoms with van der Waals surface area (Å²) in [5.41, 5.74) is 14.8. The first-order chi connectivity index (χ1) is 6.45. The zero-order chi connectivity index (χ0) is 11.6. The number of hydrogen-bond acceptors (Lipinski definition) is 4. The van der Waals surface area contributed by atoms with Crippen molar-refractivity contribution >= 4 is 11.9 Å². The van der Waals surface area contributed by atoms with Crippen molar-refractivity contribution in [3.05, 3.63) is 0 Å². The van der Waals surface area contributed by atoms with E-state index < -0.39 is 17.9 Å². The zero-order valence-corrected chi connectivity index (χ0v) is 8.40. The number of rotatable bonds is 5. The fourth-order valence-corrected chi connectivity index (χ4v) is 0.421. The topological polar surface area (TPSA) is 132 Å². The van der Waals surface area contributed by atoms with E-state index in [1.165, 1.54) is 0 Å². The van der Waals surface area contributed by atoms with Crippen molar-refractivity contribution in [1.29, 1.82) is 0 Å². The molecule has 0 bridgehead atoms. The number of amides is 1. The number of primary amides is 1. The highest BCUT2D eigenvalue weighted by atomic mass is 16.4. The Morgan fingerprint density at radius 2 is 1.86 bits per heavy atom. The van der Waals surface area contributed by atoms with Crippen LogP contribution >= 0.6 is 0 Å². The van der Waals surface area contributed by atoms with Gasteiger partial charge in [-0.1, -0.05) is 6.92 Å². The molecule has 0 aliphatic carbocycles. The van der Waals surface area contributed by atoms with Crippen molar-refractivity contribution in [2.75, 3.05) is 6.54 Å². The van der Waals surface area contributed by atoms with Gasteiger partial charge in [0.2, 0.25) is 5.91 Å². The predicted octanol–water partition coefficient (Wildman–Crippen LogP) is -0.981. The highest BCUT2D eigenvalue weighted by Crippen LogP contribution is 1.92. The Morgan fingerprint density at radius 3 is 2.07 bits per heavy atom. The molecule has 6 heteroatoms. The third-order valence-corrected chi connectivity index (χ3v) is 1.31. The summed E-state index contributed by atoms with van der Waals surface area (Å²) in [6.45, 7) is 2.88. The van der Waals surface area contributed by atoms with Crippen LogP contribution in [0.4, 0.5) is 0 Å². The van der Waals surface area contributed by atoms with Crippen LogP contribution < -0.4 is 17.2 Å². The number of aliphatic carboxylic acids is 1. The van der Waals surface area contributed by atoms with Crippen molar-refractivity contribution in [2.45, 2.75) is 32.2 Å². The van der Waals surface area contributed by atoms with Crippen LogP contribution in [0, 0.1) is 0 Å². The number of carboxylic acid groups (broad SMARTS) is 1. The van der Waals surface area contributed by atoms with E-state index in [0.717, 1.165) is 13.0 Å². The van der Waals surface area contributed by atoms with Gasteiger partial charge in [-0.2, -0.15) is 0 Å². The first-order valence-corrected chi connectivity index (χ1v) is 4.42. The summed E-state index contributed by atoms with van der Waals surface area (Å²) < 4.78 is 0. The Morgan fingerprint density at radius 1 is 1.43 bits per heavy atom. The van der Waals surface area contributed by atoms with Crippen LogP contribution in [0.1, 0.15) is 26.2 Å². The number of nitrogens with two attached hydrogens (primary N) is 3. The summed E-state index contributed by atoms with van der Waals surface area (Å²) in [5, 5.41) is 8.22. The van der Waals surface area contributed by atoms with Gasteiger partial charge in [0.1, 0.15) is 6.04 Å². The minimum Gasteiger partial charge on any atom is -0.480 e. The standard InChI is InChI=1S/C5H10N2O3.C3H9N/c6-3(5(9)10)1-2-4(7)8;1-2-3-4/h3H,1-2,6H2,(H2,7,8)(H,9,10);2-4H2,1H3/t3-;/m0./s1. The molecule has 0 fully saturated rings. The Labute approximate surface area is 83.4 Å². The molecule has 0 aromatic rings. The number of carbonyl (C=O) groups is 2. The third kappa shape index (κ3) is 13.4. The van der Waals surface area contributed by atoms with Gasteiger partial charge in [-0.25, -0.2) is 0 Å². The second-order valence-corrected chi connectivity index (χ2v) is 2.74. The van der Waals surface area contributed by atoms with Crippen LogP contribution in [-0.2, 0) is 9.59 Å². The Balaban J connectivity index is 0. The molecular weight excluding hydrogens is 186 g/mol. The average molecular weight is 205 g/mol. The van der Waals surface area contributed by atoms with E-state index in [1.807, 2.05) is 0 Å². The van der Waals surface area contributed by atoms with Crippen LogP contribution in [-0.4, -0.2) is 29.6 Å². The number of carboxylic acids is 1. The van der Waals surface area contributed by atoms with Crippen LogP contribution in [0.25, 0.3) is 0 Å². The Hall–Kier alpha value is -1.14. The normalized spacial score (nSPS) is 11.1. The summed E-state index contributed by atoms with van der Waals surface area (Å²) in [4.78, 5) is 20.1. The van der Waals surface area contributed by atoms with Gasteiger partial charge < -0.3 is 22.3 Å². The summed E-state index contributed by atoms with van der Waals surface area (Å²) >= 11 is 0. The molecule has 0 rings (SSSR count). The van der Waals surface area contributed by atoms with Crippen molar-refractivity contribution < 1.29 is 14.7 Å². The first kappa shape index (κ1) is 15.3. The molecule has 0 aliphatic heterocycles. The summed E-state index contributed by atoms with van der Waals surface area (Å²) in [5.74, 6) is -1.64. The molecule has 7 N–H and O–H groups in total. The van der Waals surface area contributed by atoms with E-state index in [9.17, 15) is 9.59 Å². The minimum absolute atomic E-state index is 0.0213. The maximum Gasteiger partial charge on any atom is 0.320 e. The lowest BCUT2D eigenvalue weighted by molar-refractivity contribution is -0.138. The third-order valence-electron chi connectivity index (χ3n) is 1.31. The second kappa shape index (κ2) is 9.94. The molecule has 0 saturated heterocycles. The molecular formula is C8H19N3O3. The summed E-state index contributed by atoms with van der Waals surface area (Å²) in [6.07, 6.45) is 1.22. The smallest absolute Gasteiger partial charge is 0.320 e. The molecule has 0 unspecified atom stereocenters. The Kier molecular flexibility index (Phi) is 10.9. The molecule has 0 aromatic carbocycles. The molecule has 1 atom stereocenters. The monoisotopic (exact) mass is 205 g/mol. The molecule has 0 radical (unpaired) electrons. The van der Waals surface area contributed by atoms with Crippen LogP contribution in [0.15, 0.2) is 0 Å². The van der Waals surface area contributed by atoms with Crippen molar-refractivity contribution in [1.82, 2.24) is 0 Å². The molecule has 0 aromatic heterocycles. The van der Waals surface area contributed by atoms with E-state index in [1.54, 1.807) is 0 Å². The van der Waals surface area contributed by atoms with E-state index >= 15 is 0 Å². The fraction of sp³-hybridized carbons (Fsp3) is 0.750. The average Bonchev–Trinajstić information content (AvgIpc) is 2.14. The maximum absolute atomic E-state index is 10.1. The van der Waals surface area contributed by atoms with Crippen molar-refractivity contribution in [2.24, 2.45) is 17.2 Å².